The molecule has 103 heavy (non-hydrogen) atoms. The SMILES string of the molecule is CCCCCCCCCCCCCCCCCC(=O)O[C@H](COC(=O)CCCCCCCCC(C)C)COP(=O)(O)OC[C@H](O)COP(=O)(O)OC[C@@H](COC(=O)CCCCCCCCCCCCCCCCC(C)C)OC(=O)CCCCCCCCCCCCCCCCCCCCC(C)CC. The first-order chi connectivity index (χ1) is 49.8. The summed E-state index contributed by atoms with van der Waals surface area (Å²) in [6.07, 6.45) is 64.0. The molecular weight excluding hydrogens is 1340 g/mol. The molecule has 0 saturated heterocycles. The molecule has 0 spiro atoms. The second-order valence-corrected chi connectivity index (χ2v) is 34.3. The Morgan fingerprint density at radius 3 is 0.738 bits per heavy atom. The largest absolute Gasteiger partial charge is 0.472 e. The highest BCUT2D eigenvalue weighted by atomic mass is 31.2. The van der Waals surface area contributed by atoms with Crippen molar-refractivity contribution < 1.29 is 80.2 Å². The molecule has 0 fully saturated rings. The molecule has 612 valence electrons. The molecule has 0 rings (SSSR count). The lowest BCUT2D eigenvalue weighted by Gasteiger charge is -2.21. The monoisotopic (exact) mass is 1510 g/mol. The molecule has 0 heterocycles. The summed E-state index contributed by atoms with van der Waals surface area (Å²) in [6.45, 7) is 12.0. The highest BCUT2D eigenvalue weighted by Crippen LogP contribution is 2.45. The minimum Gasteiger partial charge on any atom is -0.462 e. The van der Waals surface area contributed by atoms with Crippen molar-refractivity contribution in [2.45, 2.75) is 458 Å². The van der Waals surface area contributed by atoms with Gasteiger partial charge >= 0.3 is 39.5 Å². The average molecular weight is 1510 g/mol. The first-order valence-corrected chi connectivity index (χ1v) is 46.4. The molecule has 0 bridgehead atoms. The minimum absolute atomic E-state index is 0.107. The van der Waals surface area contributed by atoms with Gasteiger partial charge in [0.05, 0.1) is 26.4 Å². The van der Waals surface area contributed by atoms with Gasteiger partial charge in [-0.15, -0.1) is 0 Å². The van der Waals surface area contributed by atoms with Gasteiger partial charge in [0, 0.05) is 25.7 Å². The molecule has 0 aliphatic carbocycles. The molecule has 19 heteroatoms. The number of unbranched alkanes of at least 4 members (excludes halogenated alkanes) is 49. The van der Waals surface area contributed by atoms with Gasteiger partial charge in [-0.25, -0.2) is 9.13 Å². The molecular formula is C84H164O17P2. The number of carbonyl (C=O) groups excluding carboxylic acids is 4. The molecule has 3 unspecified atom stereocenters. The van der Waals surface area contributed by atoms with E-state index >= 15 is 0 Å². The van der Waals surface area contributed by atoms with E-state index in [2.05, 4.69) is 48.5 Å². The van der Waals surface area contributed by atoms with E-state index in [1.165, 1.54) is 244 Å². The highest BCUT2D eigenvalue weighted by molar-refractivity contribution is 7.47. The van der Waals surface area contributed by atoms with Crippen LogP contribution < -0.4 is 0 Å². The van der Waals surface area contributed by atoms with Crippen LogP contribution in [0.4, 0.5) is 0 Å². The van der Waals surface area contributed by atoms with Crippen LogP contribution in [-0.4, -0.2) is 96.7 Å². The third-order valence-electron chi connectivity index (χ3n) is 20.0. The number of hydrogen-bond acceptors (Lipinski definition) is 15. The molecule has 3 N–H and O–H groups in total. The fraction of sp³-hybridized carbons (Fsp3) is 0.952. The standard InChI is InChI=1S/C84H164O17P2/c1-8-10-11-12-13-14-15-16-21-29-34-39-44-53-60-68-84(89)101-80(72-95-82(87)66-59-52-47-46-49-56-63-76(5)6)74-99-103(92,93)97-70-78(85)69-96-102(90,91)98-73-79(71-94-81(86)65-58-51-43-38-33-28-25-24-26-31-36-41-48-55-62-75(3)4)100-83(88)67-61-54-45-40-35-30-23-20-18-17-19-22-27-32-37-42-50-57-64-77(7)9-2/h75-80,85H,8-74H2,1-7H3,(H,90,91)(H,92,93)/t77?,78-,79-,80-/m1/s1. The first-order valence-electron chi connectivity index (χ1n) is 43.4. The van der Waals surface area contributed by atoms with E-state index in [0.717, 1.165) is 108 Å². The van der Waals surface area contributed by atoms with Crippen LogP contribution >= 0.6 is 15.6 Å². The van der Waals surface area contributed by atoms with E-state index in [9.17, 15) is 43.2 Å². The van der Waals surface area contributed by atoms with E-state index < -0.39 is 97.5 Å². The number of hydrogen-bond donors (Lipinski definition) is 3. The van der Waals surface area contributed by atoms with Crippen LogP contribution in [0, 0.1) is 17.8 Å². The number of phosphoric acid groups is 2. The topological polar surface area (TPSA) is 237 Å². The van der Waals surface area contributed by atoms with Gasteiger partial charge in [0.25, 0.3) is 0 Å². The maximum Gasteiger partial charge on any atom is 0.472 e. The number of aliphatic hydroxyl groups is 1. The van der Waals surface area contributed by atoms with Crippen molar-refractivity contribution in [2.75, 3.05) is 39.6 Å². The van der Waals surface area contributed by atoms with Crippen molar-refractivity contribution in [3.05, 3.63) is 0 Å². The Kier molecular flexibility index (Phi) is 72.8. The molecule has 0 aliphatic heterocycles. The van der Waals surface area contributed by atoms with Crippen LogP contribution in [0.25, 0.3) is 0 Å². The summed E-state index contributed by atoms with van der Waals surface area (Å²) in [6, 6.07) is 0. The summed E-state index contributed by atoms with van der Waals surface area (Å²) in [4.78, 5) is 73.1. The fourth-order valence-corrected chi connectivity index (χ4v) is 14.6. The number of rotatable bonds is 82. The summed E-state index contributed by atoms with van der Waals surface area (Å²) >= 11 is 0. The van der Waals surface area contributed by atoms with Gasteiger partial charge in [-0.05, 0) is 43.4 Å². The maximum atomic E-state index is 13.1. The summed E-state index contributed by atoms with van der Waals surface area (Å²) < 4.78 is 68.8. The van der Waals surface area contributed by atoms with E-state index in [4.69, 9.17) is 37.0 Å². The van der Waals surface area contributed by atoms with Crippen molar-refractivity contribution in [1.29, 1.82) is 0 Å². The zero-order valence-electron chi connectivity index (χ0n) is 67.8. The molecule has 0 aromatic heterocycles. The van der Waals surface area contributed by atoms with E-state index in [1.54, 1.807) is 0 Å². The molecule has 0 saturated carbocycles. The quantitative estimate of drug-likeness (QED) is 0.0222. The van der Waals surface area contributed by atoms with Crippen LogP contribution in [0.3, 0.4) is 0 Å². The van der Waals surface area contributed by atoms with Crippen LogP contribution in [0.1, 0.15) is 440 Å². The van der Waals surface area contributed by atoms with Crippen LogP contribution in [0.15, 0.2) is 0 Å². The van der Waals surface area contributed by atoms with Crippen molar-refractivity contribution in [3.63, 3.8) is 0 Å². The highest BCUT2D eigenvalue weighted by Gasteiger charge is 2.30. The Morgan fingerprint density at radius 1 is 0.282 bits per heavy atom. The Hall–Kier alpha value is -1.94. The van der Waals surface area contributed by atoms with Gasteiger partial charge in [0.15, 0.2) is 12.2 Å². The maximum absolute atomic E-state index is 13.1. The summed E-state index contributed by atoms with van der Waals surface area (Å²) in [5.74, 6) is 0.241. The molecule has 0 aromatic carbocycles. The summed E-state index contributed by atoms with van der Waals surface area (Å²) in [7, 11) is -9.92. The number of esters is 4. The van der Waals surface area contributed by atoms with Gasteiger partial charge in [-0.2, -0.15) is 0 Å². The molecule has 0 amide bonds. The lowest BCUT2D eigenvalue weighted by atomic mass is 9.99. The lowest BCUT2D eigenvalue weighted by Crippen LogP contribution is -2.30. The molecule has 17 nitrogen and oxygen atoms in total. The van der Waals surface area contributed by atoms with Crippen LogP contribution in [0.5, 0.6) is 0 Å². The predicted octanol–water partition coefficient (Wildman–Crippen LogP) is 25.3. The van der Waals surface area contributed by atoms with Crippen molar-refractivity contribution in [2.24, 2.45) is 17.8 Å². The van der Waals surface area contributed by atoms with E-state index in [-0.39, 0.29) is 25.7 Å². The van der Waals surface area contributed by atoms with Crippen molar-refractivity contribution in [1.82, 2.24) is 0 Å². The Balaban J connectivity index is 5.21. The number of phosphoric ester groups is 2. The third kappa shape index (κ3) is 76.6. The molecule has 0 radical (unpaired) electrons. The number of ether oxygens (including phenoxy) is 4. The number of aliphatic hydroxyl groups excluding tert-OH is 1. The van der Waals surface area contributed by atoms with Gasteiger partial charge in [-0.3, -0.25) is 37.3 Å². The zero-order chi connectivity index (χ0) is 75.8. The molecule has 6 atom stereocenters. The summed E-state index contributed by atoms with van der Waals surface area (Å²) in [5, 5.41) is 10.7. The van der Waals surface area contributed by atoms with Crippen LogP contribution in [0.2, 0.25) is 0 Å². The second-order valence-electron chi connectivity index (χ2n) is 31.4. The Bertz CT molecular complexity index is 1990. The van der Waals surface area contributed by atoms with E-state index in [0.29, 0.717) is 31.6 Å². The summed E-state index contributed by atoms with van der Waals surface area (Å²) in [5.41, 5.74) is 0. The fourth-order valence-electron chi connectivity index (χ4n) is 13.0. The van der Waals surface area contributed by atoms with Crippen molar-refractivity contribution in [3.8, 4) is 0 Å². The average Bonchev–Trinajstić information content (AvgIpc) is 0.942. The van der Waals surface area contributed by atoms with Gasteiger partial charge in [0.1, 0.15) is 19.3 Å². The van der Waals surface area contributed by atoms with Crippen molar-refractivity contribution >= 4 is 39.5 Å². The normalized spacial score (nSPS) is 14.2. The van der Waals surface area contributed by atoms with E-state index in [1.807, 2.05) is 0 Å². The van der Waals surface area contributed by atoms with Crippen LogP contribution in [-0.2, 0) is 65.4 Å². The first kappa shape index (κ1) is 101. The smallest absolute Gasteiger partial charge is 0.462 e. The zero-order valence-corrected chi connectivity index (χ0v) is 69.6. The lowest BCUT2D eigenvalue weighted by molar-refractivity contribution is -0.161. The molecule has 0 aromatic rings. The minimum atomic E-state index is -4.96. The third-order valence-corrected chi connectivity index (χ3v) is 21.9. The predicted molar refractivity (Wildman–Crippen MR) is 423 cm³/mol. The second kappa shape index (κ2) is 74.2. The Labute approximate surface area is 632 Å². The van der Waals surface area contributed by atoms with Gasteiger partial charge in [-0.1, -0.05) is 389 Å². The Morgan fingerprint density at radius 2 is 0.495 bits per heavy atom. The molecule has 0 aliphatic rings. The van der Waals surface area contributed by atoms with Gasteiger partial charge in [0.2, 0.25) is 0 Å². The number of carbonyl (C=O) groups is 4. The van der Waals surface area contributed by atoms with Gasteiger partial charge < -0.3 is 33.8 Å².